The summed E-state index contributed by atoms with van der Waals surface area (Å²) in [5, 5.41) is 16.2. The maximum absolute atomic E-state index is 8.66. The van der Waals surface area contributed by atoms with Crippen molar-refractivity contribution >= 4 is 6.01 Å². The van der Waals surface area contributed by atoms with Gasteiger partial charge in [-0.25, -0.2) is 0 Å². The number of aromatic nitrogens is 2. The zero-order valence-corrected chi connectivity index (χ0v) is 7.60. The maximum atomic E-state index is 8.66. The summed E-state index contributed by atoms with van der Waals surface area (Å²) in [6.45, 7) is 1.03. The van der Waals surface area contributed by atoms with Gasteiger partial charge in [-0.1, -0.05) is 5.10 Å². The number of aliphatic hydroxyl groups is 1. The van der Waals surface area contributed by atoms with Crippen molar-refractivity contribution in [2.75, 3.05) is 31.6 Å². The molecule has 0 aliphatic heterocycles. The largest absolute Gasteiger partial charge is 0.408 e. The zero-order valence-electron chi connectivity index (χ0n) is 7.60. The van der Waals surface area contributed by atoms with Crippen LogP contribution < -0.4 is 10.6 Å². The average molecular weight is 186 g/mol. The Hall–Kier alpha value is -1.14. The summed E-state index contributed by atoms with van der Waals surface area (Å²) in [4.78, 5) is 1.69. The first-order chi connectivity index (χ1) is 6.27. The molecular weight excluding hydrogens is 172 g/mol. The molecule has 0 saturated heterocycles. The van der Waals surface area contributed by atoms with E-state index in [1.165, 1.54) is 0 Å². The number of aliphatic hydroxyl groups excluding tert-OH is 1. The Labute approximate surface area is 76.4 Å². The van der Waals surface area contributed by atoms with Crippen LogP contribution in [0.5, 0.6) is 0 Å². The van der Waals surface area contributed by atoms with Crippen LogP contribution in [0.15, 0.2) is 4.42 Å². The van der Waals surface area contributed by atoms with Gasteiger partial charge in [-0.15, -0.1) is 5.10 Å². The first-order valence-corrected chi connectivity index (χ1v) is 4.12. The predicted octanol–water partition coefficient (Wildman–Crippen LogP) is -1.00. The molecule has 6 nitrogen and oxygen atoms in total. The van der Waals surface area contributed by atoms with E-state index < -0.39 is 0 Å². The Morgan fingerprint density at radius 1 is 1.54 bits per heavy atom. The van der Waals surface area contributed by atoms with E-state index in [4.69, 9.17) is 15.3 Å². The summed E-state index contributed by atoms with van der Waals surface area (Å²) in [5.74, 6) is 0.530. The molecule has 6 heteroatoms. The summed E-state index contributed by atoms with van der Waals surface area (Å²) in [7, 11) is 1.77. The van der Waals surface area contributed by atoms with Crippen LogP contribution in [0.25, 0.3) is 0 Å². The van der Waals surface area contributed by atoms with Gasteiger partial charge in [0.2, 0.25) is 5.89 Å². The minimum atomic E-state index is 0.0606. The highest BCUT2D eigenvalue weighted by Crippen LogP contribution is 2.09. The molecule has 0 saturated carbocycles. The van der Waals surface area contributed by atoms with Crippen molar-refractivity contribution in [1.29, 1.82) is 0 Å². The standard InChI is InChI=1S/C7H14N4O2/c1-11(4-5-12)7-10-9-6(13-7)2-3-8/h12H,2-5,8H2,1H3. The second-order valence-corrected chi connectivity index (χ2v) is 2.66. The third-order valence-corrected chi connectivity index (χ3v) is 1.58. The minimum absolute atomic E-state index is 0.0606. The van der Waals surface area contributed by atoms with Gasteiger partial charge in [0.15, 0.2) is 0 Å². The van der Waals surface area contributed by atoms with Crippen LogP contribution in [0.4, 0.5) is 6.01 Å². The molecule has 13 heavy (non-hydrogen) atoms. The molecule has 0 radical (unpaired) electrons. The van der Waals surface area contributed by atoms with E-state index in [2.05, 4.69) is 10.2 Å². The lowest BCUT2D eigenvalue weighted by molar-refractivity contribution is 0.301. The van der Waals surface area contributed by atoms with Crippen LogP contribution in [-0.2, 0) is 6.42 Å². The van der Waals surface area contributed by atoms with Crippen LogP contribution in [0, 0.1) is 0 Å². The normalized spacial score (nSPS) is 10.4. The highest BCUT2D eigenvalue weighted by molar-refractivity contribution is 5.21. The van der Waals surface area contributed by atoms with Crippen molar-refractivity contribution in [3.05, 3.63) is 5.89 Å². The fourth-order valence-electron chi connectivity index (χ4n) is 0.869. The zero-order chi connectivity index (χ0) is 9.68. The summed E-state index contributed by atoms with van der Waals surface area (Å²) in [5.41, 5.74) is 5.32. The van der Waals surface area contributed by atoms with E-state index in [-0.39, 0.29) is 6.61 Å². The van der Waals surface area contributed by atoms with E-state index in [0.29, 0.717) is 31.4 Å². The second-order valence-electron chi connectivity index (χ2n) is 2.66. The van der Waals surface area contributed by atoms with Crippen LogP contribution in [-0.4, -0.2) is 42.0 Å². The van der Waals surface area contributed by atoms with Crippen molar-refractivity contribution < 1.29 is 9.52 Å². The average Bonchev–Trinajstić information content (AvgIpc) is 2.54. The number of rotatable bonds is 5. The highest BCUT2D eigenvalue weighted by atomic mass is 16.4. The molecule has 1 aromatic rings. The highest BCUT2D eigenvalue weighted by Gasteiger charge is 2.08. The third-order valence-electron chi connectivity index (χ3n) is 1.58. The second kappa shape index (κ2) is 4.78. The van der Waals surface area contributed by atoms with Gasteiger partial charge >= 0.3 is 6.01 Å². The topological polar surface area (TPSA) is 88.4 Å². The van der Waals surface area contributed by atoms with Gasteiger partial charge < -0.3 is 20.2 Å². The van der Waals surface area contributed by atoms with Crippen LogP contribution in [0.3, 0.4) is 0 Å². The minimum Gasteiger partial charge on any atom is -0.408 e. The molecule has 0 aliphatic rings. The molecule has 0 aromatic carbocycles. The van der Waals surface area contributed by atoms with Gasteiger partial charge in [-0.05, 0) is 0 Å². The van der Waals surface area contributed by atoms with Crippen molar-refractivity contribution in [1.82, 2.24) is 10.2 Å². The molecule has 0 atom stereocenters. The lowest BCUT2D eigenvalue weighted by Gasteiger charge is -2.10. The molecule has 3 N–H and O–H groups in total. The first-order valence-electron chi connectivity index (χ1n) is 4.12. The third kappa shape index (κ3) is 2.67. The van der Waals surface area contributed by atoms with Gasteiger partial charge in [0.1, 0.15) is 0 Å². The van der Waals surface area contributed by atoms with Gasteiger partial charge in [0.05, 0.1) is 6.61 Å². The van der Waals surface area contributed by atoms with Crippen LogP contribution in [0.2, 0.25) is 0 Å². The van der Waals surface area contributed by atoms with Crippen molar-refractivity contribution in [2.24, 2.45) is 5.73 Å². The molecule has 0 spiro atoms. The van der Waals surface area contributed by atoms with E-state index in [0.717, 1.165) is 0 Å². The summed E-state index contributed by atoms with van der Waals surface area (Å²) in [6, 6.07) is 0.414. The van der Waals surface area contributed by atoms with Gasteiger partial charge in [0, 0.05) is 26.6 Å². The van der Waals surface area contributed by atoms with E-state index in [1.807, 2.05) is 0 Å². The molecule has 1 rings (SSSR count). The van der Waals surface area contributed by atoms with E-state index in [1.54, 1.807) is 11.9 Å². The summed E-state index contributed by atoms with van der Waals surface area (Å²) in [6.07, 6.45) is 0.583. The number of hydrogen-bond donors (Lipinski definition) is 2. The molecular formula is C7H14N4O2. The Morgan fingerprint density at radius 3 is 2.92 bits per heavy atom. The Kier molecular flexibility index (Phi) is 3.66. The summed E-state index contributed by atoms with van der Waals surface area (Å²) >= 11 is 0. The fourth-order valence-corrected chi connectivity index (χ4v) is 0.869. The molecule has 0 unspecified atom stereocenters. The number of nitrogens with two attached hydrogens (primary N) is 1. The van der Waals surface area contributed by atoms with Crippen LogP contribution >= 0.6 is 0 Å². The van der Waals surface area contributed by atoms with E-state index >= 15 is 0 Å². The molecule has 0 fully saturated rings. The smallest absolute Gasteiger partial charge is 0.317 e. The monoisotopic (exact) mass is 186 g/mol. The van der Waals surface area contributed by atoms with Gasteiger partial charge in [0.25, 0.3) is 0 Å². The van der Waals surface area contributed by atoms with Crippen molar-refractivity contribution in [3.8, 4) is 0 Å². The molecule has 74 valence electrons. The van der Waals surface area contributed by atoms with Gasteiger partial charge in [-0.3, -0.25) is 0 Å². The SMILES string of the molecule is CN(CCO)c1nnc(CCN)o1. The fraction of sp³-hybridized carbons (Fsp3) is 0.714. The van der Waals surface area contributed by atoms with Gasteiger partial charge in [-0.2, -0.15) is 0 Å². The van der Waals surface area contributed by atoms with Crippen molar-refractivity contribution in [2.45, 2.75) is 6.42 Å². The van der Waals surface area contributed by atoms with E-state index in [9.17, 15) is 0 Å². The molecule has 0 aliphatic carbocycles. The number of anilines is 1. The van der Waals surface area contributed by atoms with Crippen molar-refractivity contribution in [3.63, 3.8) is 0 Å². The summed E-state index contributed by atoms with van der Waals surface area (Å²) < 4.78 is 5.25. The maximum Gasteiger partial charge on any atom is 0.317 e. The molecule has 1 heterocycles. The number of likely N-dealkylation sites (N-methyl/N-ethyl adjacent to an activating group) is 1. The quantitative estimate of drug-likeness (QED) is 0.613. The molecule has 1 aromatic heterocycles. The Bertz CT molecular complexity index is 250. The Morgan fingerprint density at radius 2 is 2.31 bits per heavy atom. The molecule has 0 bridgehead atoms. The number of hydrogen-bond acceptors (Lipinski definition) is 6. The van der Waals surface area contributed by atoms with Crippen LogP contribution in [0.1, 0.15) is 5.89 Å². The lowest BCUT2D eigenvalue weighted by atomic mass is 10.4. The number of nitrogens with zero attached hydrogens (tertiary/aromatic N) is 3. The predicted molar refractivity (Wildman–Crippen MR) is 47.4 cm³/mol. The molecule has 0 amide bonds. The lowest BCUT2D eigenvalue weighted by Crippen LogP contribution is -2.21. The first kappa shape index (κ1) is 9.94. The Balaban J connectivity index is 2.56.